The summed E-state index contributed by atoms with van der Waals surface area (Å²) in [6.07, 6.45) is 5.48. The number of amides is 1. The topological polar surface area (TPSA) is 99.6 Å². The number of furan rings is 1. The van der Waals surface area contributed by atoms with Crippen molar-refractivity contribution in [2.45, 2.75) is 38.4 Å². The second-order valence-corrected chi connectivity index (χ2v) is 7.92. The lowest BCUT2D eigenvalue weighted by Gasteiger charge is -2.21. The van der Waals surface area contributed by atoms with Crippen molar-refractivity contribution in [3.8, 4) is 23.0 Å². The number of nitrogens with zero attached hydrogens (tertiary/aromatic N) is 2. The van der Waals surface area contributed by atoms with E-state index in [1.54, 1.807) is 43.5 Å². The number of aryl methyl sites for hydroxylation is 1. The van der Waals surface area contributed by atoms with E-state index in [9.17, 15) is 4.79 Å². The summed E-state index contributed by atoms with van der Waals surface area (Å²) in [5.41, 5.74) is 2.38. The summed E-state index contributed by atoms with van der Waals surface area (Å²) >= 11 is 0. The molecule has 0 radical (unpaired) electrons. The van der Waals surface area contributed by atoms with Crippen LogP contribution in [0, 0.1) is 6.92 Å². The van der Waals surface area contributed by atoms with Crippen molar-refractivity contribution in [3.63, 3.8) is 0 Å². The number of nitrogens with one attached hydrogen (secondary N) is 1. The minimum absolute atomic E-state index is 0.283. The second-order valence-electron chi connectivity index (χ2n) is 7.92. The normalized spacial score (nSPS) is 16.3. The van der Waals surface area contributed by atoms with Crippen LogP contribution in [0.15, 0.2) is 51.6 Å². The van der Waals surface area contributed by atoms with Gasteiger partial charge in [-0.2, -0.15) is 0 Å². The first kappa shape index (κ1) is 18.0. The molecule has 1 amide bonds. The molecule has 0 unspecified atom stereocenters. The molecule has 1 fully saturated rings. The molecule has 1 saturated carbocycles. The molecule has 1 aliphatic heterocycles. The molecule has 8 heteroatoms. The van der Waals surface area contributed by atoms with Crippen LogP contribution in [-0.4, -0.2) is 21.8 Å². The SMILES string of the molecule is Cc1noc2nc(-c3ccco3)cc(C(=O)Nc3ccc4c(c3)OC3(CCCC3)O4)c12. The van der Waals surface area contributed by atoms with E-state index in [0.717, 1.165) is 25.7 Å². The number of aromatic nitrogens is 2. The highest BCUT2D eigenvalue weighted by molar-refractivity contribution is 6.13. The maximum atomic E-state index is 13.2. The van der Waals surface area contributed by atoms with Gasteiger partial charge >= 0.3 is 0 Å². The number of carbonyl (C=O) groups is 1. The van der Waals surface area contributed by atoms with E-state index in [1.165, 1.54) is 0 Å². The van der Waals surface area contributed by atoms with E-state index in [-0.39, 0.29) is 11.6 Å². The summed E-state index contributed by atoms with van der Waals surface area (Å²) < 4.78 is 22.9. The highest BCUT2D eigenvalue weighted by Crippen LogP contribution is 2.47. The summed E-state index contributed by atoms with van der Waals surface area (Å²) in [5.74, 6) is 1.05. The largest absolute Gasteiger partial charge is 0.463 e. The number of ether oxygens (including phenoxy) is 2. The van der Waals surface area contributed by atoms with Gasteiger partial charge in [0.1, 0.15) is 5.69 Å². The fraction of sp³-hybridized carbons (Fsp3) is 0.261. The van der Waals surface area contributed by atoms with Gasteiger partial charge in [0.2, 0.25) is 0 Å². The monoisotopic (exact) mass is 417 g/mol. The average molecular weight is 417 g/mol. The van der Waals surface area contributed by atoms with Gasteiger partial charge in [0.25, 0.3) is 17.4 Å². The molecule has 4 aromatic rings. The molecule has 1 aliphatic carbocycles. The van der Waals surface area contributed by atoms with E-state index < -0.39 is 5.79 Å². The molecule has 1 spiro atoms. The smallest absolute Gasteiger partial charge is 0.259 e. The Morgan fingerprint density at radius 3 is 2.74 bits per heavy atom. The zero-order valence-corrected chi connectivity index (χ0v) is 16.8. The number of carbonyl (C=O) groups excluding carboxylic acids is 1. The van der Waals surface area contributed by atoms with E-state index in [1.807, 2.05) is 6.07 Å². The van der Waals surface area contributed by atoms with Gasteiger partial charge in [0.15, 0.2) is 17.3 Å². The molecule has 0 atom stereocenters. The maximum absolute atomic E-state index is 13.2. The average Bonchev–Trinajstić information content (AvgIpc) is 3.55. The van der Waals surface area contributed by atoms with Crippen LogP contribution in [0.5, 0.6) is 11.5 Å². The fourth-order valence-electron chi connectivity index (χ4n) is 4.31. The Labute approximate surface area is 177 Å². The van der Waals surface area contributed by atoms with Crippen molar-refractivity contribution >= 4 is 22.7 Å². The molecule has 3 aromatic heterocycles. The van der Waals surface area contributed by atoms with Crippen LogP contribution in [0.2, 0.25) is 0 Å². The highest BCUT2D eigenvalue weighted by atomic mass is 16.7. The van der Waals surface area contributed by atoms with Crippen LogP contribution in [0.4, 0.5) is 5.69 Å². The summed E-state index contributed by atoms with van der Waals surface area (Å²) in [5, 5.41) is 7.49. The van der Waals surface area contributed by atoms with Crippen molar-refractivity contribution in [2.24, 2.45) is 0 Å². The Kier molecular flexibility index (Phi) is 3.83. The first-order valence-corrected chi connectivity index (χ1v) is 10.2. The molecule has 6 rings (SSSR count). The van der Waals surface area contributed by atoms with Gasteiger partial charge in [-0.25, -0.2) is 4.98 Å². The second kappa shape index (κ2) is 6.60. The van der Waals surface area contributed by atoms with Gasteiger partial charge < -0.3 is 23.7 Å². The zero-order chi connectivity index (χ0) is 21.0. The summed E-state index contributed by atoms with van der Waals surface area (Å²) in [6, 6.07) is 10.7. The first-order chi connectivity index (χ1) is 15.1. The van der Waals surface area contributed by atoms with Crippen molar-refractivity contribution in [2.75, 3.05) is 5.32 Å². The van der Waals surface area contributed by atoms with Crippen LogP contribution in [0.3, 0.4) is 0 Å². The Morgan fingerprint density at radius 1 is 1.10 bits per heavy atom. The van der Waals surface area contributed by atoms with Crippen molar-refractivity contribution in [3.05, 3.63) is 53.9 Å². The fourth-order valence-corrected chi connectivity index (χ4v) is 4.31. The third-order valence-corrected chi connectivity index (χ3v) is 5.79. The molecule has 1 aromatic carbocycles. The van der Waals surface area contributed by atoms with Crippen LogP contribution in [0.25, 0.3) is 22.6 Å². The predicted octanol–water partition coefficient (Wildman–Crippen LogP) is 5.09. The van der Waals surface area contributed by atoms with Crippen LogP contribution >= 0.6 is 0 Å². The van der Waals surface area contributed by atoms with E-state index in [4.69, 9.17) is 18.4 Å². The summed E-state index contributed by atoms with van der Waals surface area (Å²) in [6.45, 7) is 1.78. The van der Waals surface area contributed by atoms with Crippen LogP contribution in [-0.2, 0) is 0 Å². The van der Waals surface area contributed by atoms with Gasteiger partial charge in [-0.15, -0.1) is 0 Å². The zero-order valence-electron chi connectivity index (χ0n) is 16.8. The molecule has 31 heavy (non-hydrogen) atoms. The molecule has 1 N–H and O–H groups in total. The lowest BCUT2D eigenvalue weighted by molar-refractivity contribution is -0.0716. The van der Waals surface area contributed by atoms with E-state index in [2.05, 4.69) is 15.5 Å². The quantitative estimate of drug-likeness (QED) is 0.496. The number of pyridine rings is 1. The molecular weight excluding hydrogens is 398 g/mol. The standard InChI is InChI=1S/C23H19N3O5/c1-13-20-15(12-16(17-5-4-10-28-17)25-22(20)31-26-13)21(27)24-14-6-7-18-19(11-14)30-23(29-18)8-2-3-9-23/h4-7,10-12H,2-3,8-9H2,1H3,(H,24,27). The van der Waals surface area contributed by atoms with Crippen molar-refractivity contribution in [1.82, 2.24) is 10.1 Å². The number of anilines is 1. The minimum Gasteiger partial charge on any atom is -0.463 e. The molecular formula is C23H19N3O5. The summed E-state index contributed by atoms with van der Waals surface area (Å²) in [7, 11) is 0. The van der Waals surface area contributed by atoms with Crippen LogP contribution < -0.4 is 14.8 Å². The molecule has 8 nitrogen and oxygen atoms in total. The summed E-state index contributed by atoms with van der Waals surface area (Å²) in [4.78, 5) is 17.7. The Bertz CT molecular complexity index is 1300. The highest BCUT2D eigenvalue weighted by Gasteiger charge is 2.44. The minimum atomic E-state index is -0.542. The number of hydrogen-bond acceptors (Lipinski definition) is 7. The van der Waals surface area contributed by atoms with E-state index in [0.29, 0.717) is 45.3 Å². The number of hydrogen-bond donors (Lipinski definition) is 1. The number of rotatable bonds is 3. The van der Waals surface area contributed by atoms with Gasteiger partial charge in [0.05, 0.1) is 22.9 Å². The van der Waals surface area contributed by atoms with E-state index >= 15 is 0 Å². The molecule has 156 valence electrons. The van der Waals surface area contributed by atoms with Crippen LogP contribution in [0.1, 0.15) is 41.7 Å². The number of benzene rings is 1. The van der Waals surface area contributed by atoms with Crippen molar-refractivity contribution in [1.29, 1.82) is 0 Å². The van der Waals surface area contributed by atoms with Gasteiger partial charge in [-0.05, 0) is 50.1 Å². The molecule has 2 aliphatic rings. The first-order valence-electron chi connectivity index (χ1n) is 10.2. The lowest BCUT2D eigenvalue weighted by Crippen LogP contribution is -2.34. The van der Waals surface area contributed by atoms with Gasteiger partial charge in [-0.3, -0.25) is 4.79 Å². The van der Waals surface area contributed by atoms with Gasteiger partial charge in [0, 0.05) is 24.6 Å². The lowest BCUT2D eigenvalue weighted by atomic mass is 10.1. The molecule has 0 saturated heterocycles. The predicted molar refractivity (Wildman–Crippen MR) is 111 cm³/mol. The Hall–Kier alpha value is -3.81. The maximum Gasteiger partial charge on any atom is 0.259 e. The molecule has 0 bridgehead atoms. The molecule has 4 heterocycles. The Balaban J connectivity index is 1.34. The van der Waals surface area contributed by atoms with Crippen molar-refractivity contribution < 1.29 is 23.2 Å². The Morgan fingerprint density at radius 2 is 1.94 bits per heavy atom. The third-order valence-electron chi connectivity index (χ3n) is 5.79. The third kappa shape index (κ3) is 2.94. The van der Waals surface area contributed by atoms with Gasteiger partial charge in [-0.1, -0.05) is 5.16 Å². The number of fused-ring (bicyclic) bond motifs is 2.